The predicted molar refractivity (Wildman–Crippen MR) is 56.0 cm³/mol. The number of nitrogen functional groups attached to an aromatic ring is 1. The fourth-order valence-electron chi connectivity index (χ4n) is 1.32. The Bertz CT molecular complexity index is 385. The summed E-state index contributed by atoms with van der Waals surface area (Å²) < 4.78 is 5.47. The van der Waals surface area contributed by atoms with Gasteiger partial charge >= 0.3 is 5.97 Å². The van der Waals surface area contributed by atoms with E-state index in [4.69, 9.17) is 15.6 Å². The highest BCUT2D eigenvalue weighted by Gasteiger charge is 2.22. The minimum Gasteiger partial charge on any atom is -0.493 e. The molecule has 0 aromatic heterocycles. The van der Waals surface area contributed by atoms with Gasteiger partial charge in [0, 0.05) is 11.8 Å². The Morgan fingerprint density at radius 2 is 2.27 bits per heavy atom. The van der Waals surface area contributed by atoms with Crippen LogP contribution in [0, 0.1) is 5.92 Å². The summed E-state index contributed by atoms with van der Waals surface area (Å²) in [6, 6.07) is 4.67. The molecule has 4 heteroatoms. The second-order valence-electron chi connectivity index (χ2n) is 3.81. The van der Waals surface area contributed by atoms with E-state index in [1.54, 1.807) is 12.1 Å². The SMILES string of the molecule is Nc1cc(OCC2CC2)ccc1C(=O)O. The molecule has 0 radical (unpaired) electrons. The van der Waals surface area contributed by atoms with E-state index in [2.05, 4.69) is 0 Å². The maximum absolute atomic E-state index is 10.7. The summed E-state index contributed by atoms with van der Waals surface area (Å²) in [6.07, 6.45) is 2.45. The van der Waals surface area contributed by atoms with Gasteiger partial charge in [0.05, 0.1) is 12.2 Å². The Kier molecular flexibility index (Phi) is 2.49. The van der Waals surface area contributed by atoms with Gasteiger partial charge in [-0.05, 0) is 30.9 Å². The van der Waals surface area contributed by atoms with Crippen LogP contribution in [-0.2, 0) is 0 Å². The average molecular weight is 207 g/mol. The number of hydrogen-bond donors (Lipinski definition) is 2. The molecule has 80 valence electrons. The van der Waals surface area contributed by atoms with Crippen molar-refractivity contribution >= 4 is 11.7 Å². The highest BCUT2D eigenvalue weighted by Crippen LogP contribution is 2.30. The van der Waals surface area contributed by atoms with Crippen LogP contribution in [-0.4, -0.2) is 17.7 Å². The highest BCUT2D eigenvalue weighted by molar-refractivity contribution is 5.93. The summed E-state index contributed by atoms with van der Waals surface area (Å²) in [5.74, 6) is 0.302. The van der Waals surface area contributed by atoms with Crippen LogP contribution in [0.3, 0.4) is 0 Å². The number of carboxylic acids is 1. The van der Waals surface area contributed by atoms with Gasteiger partial charge in [-0.2, -0.15) is 0 Å². The fourth-order valence-corrected chi connectivity index (χ4v) is 1.32. The lowest BCUT2D eigenvalue weighted by Gasteiger charge is -2.07. The van der Waals surface area contributed by atoms with Crippen molar-refractivity contribution in [3.63, 3.8) is 0 Å². The molecule has 0 amide bonds. The Labute approximate surface area is 87.7 Å². The number of carbonyl (C=O) groups is 1. The van der Waals surface area contributed by atoms with Gasteiger partial charge < -0.3 is 15.6 Å². The van der Waals surface area contributed by atoms with E-state index < -0.39 is 5.97 Å². The molecule has 0 aliphatic heterocycles. The number of hydrogen-bond acceptors (Lipinski definition) is 3. The zero-order valence-corrected chi connectivity index (χ0v) is 8.27. The number of carboxylic acid groups (broad SMARTS) is 1. The van der Waals surface area contributed by atoms with Gasteiger partial charge in [-0.1, -0.05) is 0 Å². The van der Waals surface area contributed by atoms with Crippen molar-refractivity contribution < 1.29 is 14.6 Å². The third-order valence-corrected chi connectivity index (χ3v) is 2.44. The predicted octanol–water partition coefficient (Wildman–Crippen LogP) is 1.76. The second kappa shape index (κ2) is 3.81. The third-order valence-electron chi connectivity index (χ3n) is 2.44. The minimum absolute atomic E-state index is 0.119. The molecule has 1 aliphatic rings. The highest BCUT2D eigenvalue weighted by atomic mass is 16.5. The van der Waals surface area contributed by atoms with E-state index in [-0.39, 0.29) is 11.3 Å². The van der Waals surface area contributed by atoms with Crippen LogP contribution >= 0.6 is 0 Å². The van der Waals surface area contributed by atoms with Gasteiger partial charge in [-0.15, -0.1) is 0 Å². The smallest absolute Gasteiger partial charge is 0.337 e. The molecule has 0 spiro atoms. The normalized spacial score (nSPS) is 14.9. The Balaban J connectivity index is 2.06. The average Bonchev–Trinajstić information content (AvgIpc) is 2.97. The summed E-state index contributed by atoms with van der Waals surface area (Å²) in [7, 11) is 0. The van der Waals surface area contributed by atoms with E-state index in [1.807, 2.05) is 0 Å². The van der Waals surface area contributed by atoms with Crippen molar-refractivity contribution in [2.75, 3.05) is 12.3 Å². The van der Waals surface area contributed by atoms with Crippen LogP contribution in [0.5, 0.6) is 5.75 Å². The fraction of sp³-hybridized carbons (Fsp3) is 0.364. The Hall–Kier alpha value is -1.71. The van der Waals surface area contributed by atoms with Crippen LogP contribution in [0.25, 0.3) is 0 Å². The van der Waals surface area contributed by atoms with Crippen LogP contribution in [0.2, 0.25) is 0 Å². The van der Waals surface area contributed by atoms with Gasteiger partial charge in [0.15, 0.2) is 0 Å². The maximum atomic E-state index is 10.7. The molecule has 0 atom stereocenters. The van der Waals surface area contributed by atoms with E-state index >= 15 is 0 Å². The first-order valence-corrected chi connectivity index (χ1v) is 4.92. The number of ether oxygens (including phenoxy) is 1. The molecule has 2 rings (SSSR count). The van der Waals surface area contributed by atoms with Crippen LogP contribution in [0.1, 0.15) is 23.2 Å². The van der Waals surface area contributed by atoms with Crippen molar-refractivity contribution in [2.45, 2.75) is 12.8 Å². The molecule has 0 saturated heterocycles. The Morgan fingerprint density at radius 3 is 2.80 bits per heavy atom. The van der Waals surface area contributed by atoms with Crippen molar-refractivity contribution in [2.24, 2.45) is 5.92 Å². The van der Waals surface area contributed by atoms with Gasteiger partial charge in [-0.3, -0.25) is 0 Å². The van der Waals surface area contributed by atoms with Crippen LogP contribution < -0.4 is 10.5 Å². The summed E-state index contributed by atoms with van der Waals surface area (Å²) >= 11 is 0. The number of nitrogens with two attached hydrogens (primary N) is 1. The molecule has 0 unspecified atom stereocenters. The molecule has 0 bridgehead atoms. The van der Waals surface area contributed by atoms with Crippen molar-refractivity contribution in [3.8, 4) is 5.75 Å². The molecule has 1 aromatic rings. The molecular formula is C11H13NO3. The molecule has 3 N–H and O–H groups in total. The standard InChI is InChI=1S/C11H13NO3/c12-10-5-8(15-6-7-1-2-7)3-4-9(10)11(13)14/h3-5,7H,1-2,6,12H2,(H,13,14). The second-order valence-corrected chi connectivity index (χ2v) is 3.81. The monoisotopic (exact) mass is 207 g/mol. The first-order chi connectivity index (χ1) is 7.16. The zero-order valence-electron chi connectivity index (χ0n) is 8.27. The molecule has 15 heavy (non-hydrogen) atoms. The summed E-state index contributed by atoms with van der Waals surface area (Å²) in [5, 5.41) is 8.76. The van der Waals surface area contributed by atoms with Gasteiger partial charge in [0.1, 0.15) is 5.75 Å². The van der Waals surface area contributed by atoms with Crippen molar-refractivity contribution in [3.05, 3.63) is 23.8 Å². The van der Waals surface area contributed by atoms with E-state index in [9.17, 15) is 4.79 Å². The van der Waals surface area contributed by atoms with E-state index in [0.29, 0.717) is 18.3 Å². The minimum atomic E-state index is -1.01. The topological polar surface area (TPSA) is 72.5 Å². The molecule has 1 aromatic carbocycles. The summed E-state index contributed by atoms with van der Waals surface area (Å²) in [6.45, 7) is 0.700. The molecular weight excluding hydrogens is 194 g/mol. The van der Waals surface area contributed by atoms with Crippen LogP contribution in [0.4, 0.5) is 5.69 Å². The Morgan fingerprint density at radius 1 is 1.53 bits per heavy atom. The number of anilines is 1. The lowest BCUT2D eigenvalue weighted by molar-refractivity contribution is 0.0698. The van der Waals surface area contributed by atoms with Crippen molar-refractivity contribution in [1.82, 2.24) is 0 Å². The number of aromatic carboxylic acids is 1. The van der Waals surface area contributed by atoms with E-state index in [1.165, 1.54) is 18.9 Å². The molecule has 4 nitrogen and oxygen atoms in total. The maximum Gasteiger partial charge on any atom is 0.337 e. The quantitative estimate of drug-likeness (QED) is 0.738. The molecule has 1 fully saturated rings. The lowest BCUT2D eigenvalue weighted by Crippen LogP contribution is -2.04. The van der Waals surface area contributed by atoms with Gasteiger partial charge in [-0.25, -0.2) is 4.79 Å². The van der Waals surface area contributed by atoms with Crippen molar-refractivity contribution in [1.29, 1.82) is 0 Å². The zero-order chi connectivity index (χ0) is 10.8. The molecule has 1 aliphatic carbocycles. The molecule has 1 saturated carbocycles. The first kappa shape index (κ1) is 9.83. The van der Waals surface area contributed by atoms with Gasteiger partial charge in [0.2, 0.25) is 0 Å². The van der Waals surface area contributed by atoms with Crippen LogP contribution in [0.15, 0.2) is 18.2 Å². The molecule has 0 heterocycles. The number of benzene rings is 1. The summed E-state index contributed by atoms with van der Waals surface area (Å²) in [4.78, 5) is 10.7. The van der Waals surface area contributed by atoms with E-state index in [0.717, 1.165) is 0 Å². The lowest BCUT2D eigenvalue weighted by atomic mass is 10.2. The first-order valence-electron chi connectivity index (χ1n) is 4.92. The number of rotatable bonds is 4. The largest absolute Gasteiger partial charge is 0.493 e. The van der Waals surface area contributed by atoms with Gasteiger partial charge in [0.25, 0.3) is 0 Å². The summed E-state index contributed by atoms with van der Waals surface area (Å²) in [5.41, 5.74) is 5.95. The third kappa shape index (κ3) is 2.40.